The Hall–Kier alpha value is -1.64. The number of phenols is 1. The average molecular weight is 286 g/mol. The second kappa shape index (κ2) is 3.94. The fourth-order valence-corrected chi connectivity index (χ4v) is 2.47. The number of nitrogen functional groups attached to an aromatic ring is 2. The van der Waals surface area contributed by atoms with E-state index in [1.807, 2.05) is 0 Å². The largest absolute Gasteiger partial charge is 0.507 e. The topological polar surface area (TPSA) is 127 Å². The zero-order valence-electron chi connectivity index (χ0n) is 8.95. The predicted octanol–water partition coefficient (Wildman–Crippen LogP) is 1.25. The second-order valence-corrected chi connectivity index (χ2v) is 5.64. The summed E-state index contributed by atoms with van der Waals surface area (Å²) < 4.78 is 31.0. The van der Waals surface area contributed by atoms with Gasteiger partial charge in [0.05, 0.1) is 16.3 Å². The van der Waals surface area contributed by atoms with Gasteiger partial charge in [-0.2, -0.15) is 8.42 Å². The Morgan fingerprint density at radius 3 is 2.28 bits per heavy atom. The van der Waals surface area contributed by atoms with Crippen LogP contribution in [0.15, 0.2) is 28.0 Å². The highest BCUT2D eigenvalue weighted by Gasteiger charge is 2.16. The van der Waals surface area contributed by atoms with Crippen LogP contribution in [0.1, 0.15) is 0 Å². The molecule has 96 valence electrons. The summed E-state index contributed by atoms with van der Waals surface area (Å²) in [5, 5.41) is 10.3. The first-order valence-electron chi connectivity index (χ1n) is 4.73. The number of fused-ring (bicyclic) bond motifs is 1. The van der Waals surface area contributed by atoms with Crippen LogP contribution in [-0.4, -0.2) is 18.1 Å². The molecule has 0 unspecified atom stereocenters. The maximum Gasteiger partial charge on any atom is 0.294 e. The van der Waals surface area contributed by atoms with Crippen molar-refractivity contribution in [1.29, 1.82) is 0 Å². The molecule has 0 atom stereocenters. The van der Waals surface area contributed by atoms with Crippen LogP contribution in [0.3, 0.4) is 0 Å². The molecular weight excluding hydrogens is 276 g/mol. The number of benzene rings is 2. The number of rotatable bonds is 1. The zero-order valence-corrected chi connectivity index (χ0v) is 10.7. The van der Waals surface area contributed by atoms with Crippen molar-refractivity contribution in [2.24, 2.45) is 0 Å². The summed E-state index contributed by atoms with van der Waals surface area (Å²) in [5.41, 5.74) is 11.7. The molecule has 0 aliphatic rings. The average Bonchev–Trinajstić information content (AvgIpc) is 2.23. The molecule has 0 amide bonds. The highest BCUT2D eigenvalue weighted by atomic mass is 32.2. The molecule has 0 saturated carbocycles. The van der Waals surface area contributed by atoms with E-state index in [-0.39, 0.29) is 22.5 Å². The van der Waals surface area contributed by atoms with Crippen molar-refractivity contribution in [1.82, 2.24) is 0 Å². The summed E-state index contributed by atoms with van der Waals surface area (Å²) in [4.78, 5) is -0.0729. The Bertz CT molecular complexity index is 756. The van der Waals surface area contributed by atoms with Crippen molar-refractivity contribution in [3.8, 4) is 5.75 Å². The molecule has 6 N–H and O–H groups in total. The molecule has 0 spiro atoms. The highest BCUT2D eigenvalue weighted by Crippen LogP contribution is 2.38. The molecule has 2 aromatic carbocycles. The van der Waals surface area contributed by atoms with E-state index in [9.17, 15) is 13.5 Å². The Kier molecular flexibility index (Phi) is 2.80. The van der Waals surface area contributed by atoms with Gasteiger partial charge < -0.3 is 16.6 Å². The summed E-state index contributed by atoms with van der Waals surface area (Å²) in [6, 6.07) is 3.55. The van der Waals surface area contributed by atoms with E-state index in [0.29, 0.717) is 10.3 Å². The van der Waals surface area contributed by atoms with Gasteiger partial charge >= 0.3 is 0 Å². The van der Waals surface area contributed by atoms with Crippen LogP contribution in [0.5, 0.6) is 5.75 Å². The van der Waals surface area contributed by atoms with Crippen molar-refractivity contribution in [3.63, 3.8) is 0 Å². The Balaban J connectivity index is 2.96. The summed E-state index contributed by atoms with van der Waals surface area (Å²) >= 11 is 4.09. The lowest BCUT2D eigenvalue weighted by molar-refractivity contribution is 0.471. The van der Waals surface area contributed by atoms with E-state index in [1.165, 1.54) is 12.1 Å². The van der Waals surface area contributed by atoms with Gasteiger partial charge in [0, 0.05) is 16.3 Å². The molecule has 18 heavy (non-hydrogen) atoms. The lowest BCUT2D eigenvalue weighted by Crippen LogP contribution is -2.00. The van der Waals surface area contributed by atoms with Gasteiger partial charge in [-0.3, -0.25) is 4.55 Å². The third-order valence-corrected chi connectivity index (χ3v) is 3.75. The Morgan fingerprint density at radius 1 is 1.11 bits per heavy atom. The number of nitrogens with two attached hydrogens (primary N) is 2. The molecule has 0 radical (unpaired) electrons. The smallest absolute Gasteiger partial charge is 0.294 e. The van der Waals surface area contributed by atoms with Crippen LogP contribution in [0, 0.1) is 0 Å². The maximum absolute atomic E-state index is 11.0. The Labute approximate surface area is 108 Å². The number of hydrogen-bond donors (Lipinski definition) is 5. The molecular formula is C10H10N2O4S2. The zero-order chi connectivity index (χ0) is 13.7. The Morgan fingerprint density at radius 2 is 1.72 bits per heavy atom. The van der Waals surface area contributed by atoms with E-state index < -0.39 is 15.0 Å². The molecule has 0 bridgehead atoms. The van der Waals surface area contributed by atoms with Crippen LogP contribution in [0.4, 0.5) is 11.4 Å². The van der Waals surface area contributed by atoms with Gasteiger partial charge in [-0.25, -0.2) is 0 Å². The number of aromatic hydroxyl groups is 1. The summed E-state index contributed by atoms with van der Waals surface area (Å²) in [6.07, 6.45) is 0. The van der Waals surface area contributed by atoms with Crippen molar-refractivity contribution in [2.75, 3.05) is 11.5 Å². The molecule has 8 heteroatoms. The van der Waals surface area contributed by atoms with Crippen molar-refractivity contribution in [3.05, 3.63) is 18.2 Å². The quantitative estimate of drug-likeness (QED) is 0.305. The summed E-state index contributed by atoms with van der Waals surface area (Å²) in [7, 11) is -4.41. The van der Waals surface area contributed by atoms with E-state index in [4.69, 9.17) is 16.0 Å². The number of phenolic OH excluding ortho intramolecular Hbond substituents is 1. The molecule has 0 aromatic heterocycles. The van der Waals surface area contributed by atoms with Crippen molar-refractivity contribution < 1.29 is 18.1 Å². The third kappa shape index (κ3) is 1.94. The minimum absolute atomic E-state index is 0.108. The van der Waals surface area contributed by atoms with Crippen LogP contribution in [0.25, 0.3) is 10.8 Å². The molecule has 0 heterocycles. The van der Waals surface area contributed by atoms with Gasteiger partial charge in [-0.15, -0.1) is 12.6 Å². The van der Waals surface area contributed by atoms with Gasteiger partial charge in [-0.05, 0) is 17.5 Å². The van der Waals surface area contributed by atoms with E-state index in [2.05, 4.69) is 12.6 Å². The number of thiol groups is 1. The molecule has 0 saturated heterocycles. The van der Waals surface area contributed by atoms with Gasteiger partial charge in [0.1, 0.15) is 5.75 Å². The first-order chi connectivity index (χ1) is 8.21. The van der Waals surface area contributed by atoms with Crippen molar-refractivity contribution >= 4 is 44.9 Å². The van der Waals surface area contributed by atoms with Crippen LogP contribution in [0.2, 0.25) is 0 Å². The van der Waals surface area contributed by atoms with Gasteiger partial charge in [0.25, 0.3) is 10.1 Å². The van der Waals surface area contributed by atoms with E-state index >= 15 is 0 Å². The maximum atomic E-state index is 11.0. The lowest BCUT2D eigenvalue weighted by Gasteiger charge is -2.11. The fourth-order valence-electron chi connectivity index (χ4n) is 1.68. The molecule has 2 rings (SSSR count). The standard InChI is InChI=1S/C10H10N2O4S2/c11-9-7(17)2-4-1-5(18(14,15)16)3-6(13)8(4)10(9)12/h1-3,13,17H,11-12H2,(H,14,15,16). The number of hydrogen-bond acceptors (Lipinski definition) is 6. The van der Waals surface area contributed by atoms with Gasteiger partial charge in [0.15, 0.2) is 0 Å². The minimum atomic E-state index is -4.41. The monoisotopic (exact) mass is 286 g/mol. The predicted molar refractivity (Wildman–Crippen MR) is 71.5 cm³/mol. The van der Waals surface area contributed by atoms with Crippen LogP contribution in [-0.2, 0) is 10.1 Å². The van der Waals surface area contributed by atoms with E-state index in [1.54, 1.807) is 0 Å². The van der Waals surface area contributed by atoms with Crippen LogP contribution >= 0.6 is 12.6 Å². The summed E-state index contributed by atoms with van der Waals surface area (Å²) in [5.74, 6) is -0.377. The molecule has 6 nitrogen and oxygen atoms in total. The van der Waals surface area contributed by atoms with Gasteiger partial charge in [-0.1, -0.05) is 0 Å². The first kappa shape index (κ1) is 12.8. The van der Waals surface area contributed by atoms with Crippen molar-refractivity contribution in [2.45, 2.75) is 9.79 Å². The molecule has 0 aliphatic heterocycles. The van der Waals surface area contributed by atoms with E-state index in [0.717, 1.165) is 6.07 Å². The number of anilines is 2. The highest BCUT2D eigenvalue weighted by molar-refractivity contribution is 7.85. The molecule has 2 aromatic rings. The first-order valence-corrected chi connectivity index (χ1v) is 6.61. The normalized spacial score (nSPS) is 11.9. The van der Waals surface area contributed by atoms with Gasteiger partial charge in [0.2, 0.25) is 0 Å². The summed E-state index contributed by atoms with van der Waals surface area (Å²) in [6.45, 7) is 0. The fraction of sp³-hybridized carbons (Fsp3) is 0. The molecule has 0 aliphatic carbocycles. The minimum Gasteiger partial charge on any atom is -0.507 e. The lowest BCUT2D eigenvalue weighted by atomic mass is 10.1. The van der Waals surface area contributed by atoms with Crippen LogP contribution < -0.4 is 11.5 Å². The second-order valence-electron chi connectivity index (χ2n) is 3.74. The molecule has 0 fully saturated rings. The third-order valence-electron chi connectivity index (χ3n) is 2.55. The SMILES string of the molecule is Nc1c(S)cc2cc(S(=O)(=O)O)cc(O)c2c1N.